The van der Waals surface area contributed by atoms with Gasteiger partial charge in [0.25, 0.3) is 0 Å². The summed E-state index contributed by atoms with van der Waals surface area (Å²) in [6.45, 7) is 12.0. The van der Waals surface area contributed by atoms with Gasteiger partial charge in [-0.15, -0.1) is 0 Å². The number of ether oxygens (including phenoxy) is 4. The van der Waals surface area contributed by atoms with Crippen molar-refractivity contribution < 1.29 is 80.2 Å². The number of hydrogen-bond acceptors (Lipinski definition) is 15. The van der Waals surface area contributed by atoms with Gasteiger partial charge in [-0.2, -0.15) is 0 Å². The molecule has 0 radical (unpaired) electrons. The third-order valence-electron chi connectivity index (χ3n) is 20.6. The minimum Gasteiger partial charge on any atom is -0.462 e. The van der Waals surface area contributed by atoms with E-state index in [0.717, 1.165) is 108 Å². The van der Waals surface area contributed by atoms with Crippen LogP contribution in [0.15, 0.2) is 0 Å². The van der Waals surface area contributed by atoms with E-state index in [2.05, 4.69) is 48.5 Å². The lowest BCUT2D eigenvalue weighted by Gasteiger charge is -2.21. The Labute approximate surface area is 658 Å². The van der Waals surface area contributed by atoms with Crippen LogP contribution in [0.4, 0.5) is 0 Å². The summed E-state index contributed by atoms with van der Waals surface area (Å²) in [5.74, 6) is 0.208. The molecule has 0 heterocycles. The monoisotopic (exact) mass is 1560 g/mol. The molecule has 0 aromatic heterocycles. The van der Waals surface area contributed by atoms with Crippen LogP contribution in [-0.2, 0) is 65.4 Å². The minimum absolute atomic E-state index is 0.106. The number of carbonyl (C=O) groups excluding carboxylic acids is 4. The van der Waals surface area contributed by atoms with Crippen molar-refractivity contribution in [3.8, 4) is 0 Å². The number of unbranched alkanes of at least 4 members (excludes halogenated alkanes) is 54. The maximum Gasteiger partial charge on any atom is 0.472 e. The molecule has 0 spiro atoms. The van der Waals surface area contributed by atoms with Crippen molar-refractivity contribution in [2.45, 2.75) is 484 Å². The molecule has 0 aliphatic heterocycles. The smallest absolute Gasteiger partial charge is 0.462 e. The van der Waals surface area contributed by atoms with Crippen molar-refractivity contribution in [2.75, 3.05) is 39.6 Å². The van der Waals surface area contributed by atoms with Crippen LogP contribution in [0.25, 0.3) is 0 Å². The van der Waals surface area contributed by atoms with Crippen LogP contribution < -0.4 is 0 Å². The molecule has 5 atom stereocenters. The number of carbonyl (C=O) groups is 4. The topological polar surface area (TPSA) is 237 Å². The summed E-state index contributed by atoms with van der Waals surface area (Å²) in [6, 6.07) is 0. The summed E-state index contributed by atoms with van der Waals surface area (Å²) in [7, 11) is -9.93. The molecule has 0 aliphatic carbocycles. The Hall–Kier alpha value is -1.94. The van der Waals surface area contributed by atoms with Crippen LogP contribution in [0.3, 0.4) is 0 Å². The zero-order chi connectivity index (χ0) is 78.6. The largest absolute Gasteiger partial charge is 0.472 e. The molecule has 107 heavy (non-hydrogen) atoms. The predicted molar refractivity (Wildman–Crippen MR) is 441 cm³/mol. The number of rotatable bonds is 86. The molecule has 0 saturated carbocycles. The van der Waals surface area contributed by atoms with Gasteiger partial charge in [0, 0.05) is 25.7 Å². The van der Waals surface area contributed by atoms with Crippen molar-refractivity contribution in [1.82, 2.24) is 0 Å². The number of aliphatic hydroxyl groups is 1. The number of esters is 4. The maximum atomic E-state index is 13.2. The SMILES string of the molecule is CCCCCCCCCCCCCCCCCCCCCCCC(=O)OC[C@H](COP(=O)(O)OC[C@@H](O)COP(=O)(O)OC[C@@H](COC(=O)CCCCCCCCCCC(C)C)OC(=O)CCCCCCCCCCCCCC(C)C)OC(=O)CCCCCCCCCCCCCCCCCCCCC(C)C. The molecule has 0 rings (SSSR count). The van der Waals surface area contributed by atoms with E-state index < -0.39 is 97.5 Å². The summed E-state index contributed by atoms with van der Waals surface area (Å²) < 4.78 is 68.9. The normalized spacial score (nSPS) is 13.8. The molecule has 0 amide bonds. The third-order valence-corrected chi connectivity index (χ3v) is 22.5. The lowest BCUT2D eigenvalue weighted by molar-refractivity contribution is -0.161. The molecule has 0 bridgehead atoms. The lowest BCUT2D eigenvalue weighted by Crippen LogP contribution is -2.30. The predicted octanol–water partition coefficient (Wildman–Crippen LogP) is 26.9. The molecular formula is C88H172O17P2. The first kappa shape index (κ1) is 105. The van der Waals surface area contributed by atoms with Crippen LogP contribution in [-0.4, -0.2) is 96.7 Å². The van der Waals surface area contributed by atoms with E-state index in [1.54, 1.807) is 0 Å². The molecule has 2 unspecified atom stereocenters. The average Bonchev–Trinajstić information content (AvgIpc) is 0.902. The Kier molecular flexibility index (Phi) is 76.6. The van der Waals surface area contributed by atoms with Gasteiger partial charge in [0.05, 0.1) is 26.4 Å². The molecular weight excluding hydrogens is 1390 g/mol. The van der Waals surface area contributed by atoms with E-state index in [0.29, 0.717) is 25.7 Å². The van der Waals surface area contributed by atoms with Gasteiger partial charge >= 0.3 is 39.5 Å². The Balaban J connectivity index is 5.22. The Bertz CT molecular complexity index is 2060. The number of aliphatic hydroxyl groups excluding tert-OH is 1. The molecule has 19 heteroatoms. The van der Waals surface area contributed by atoms with Gasteiger partial charge in [0.2, 0.25) is 0 Å². The molecule has 17 nitrogen and oxygen atoms in total. The second kappa shape index (κ2) is 78.0. The highest BCUT2D eigenvalue weighted by Crippen LogP contribution is 2.45. The van der Waals surface area contributed by atoms with Crippen molar-refractivity contribution in [3.63, 3.8) is 0 Å². The fourth-order valence-corrected chi connectivity index (χ4v) is 15.3. The summed E-state index contributed by atoms with van der Waals surface area (Å²) >= 11 is 0. The minimum atomic E-state index is -4.97. The molecule has 0 aromatic carbocycles. The molecule has 636 valence electrons. The van der Waals surface area contributed by atoms with Gasteiger partial charge in [-0.05, 0) is 43.4 Å². The second-order valence-corrected chi connectivity index (χ2v) is 36.0. The highest BCUT2D eigenvalue weighted by atomic mass is 31.2. The van der Waals surface area contributed by atoms with Gasteiger partial charge in [-0.25, -0.2) is 9.13 Å². The standard InChI is InChI=1S/C88H172O17P2/c1-8-9-10-11-12-13-14-15-16-17-18-19-20-24-27-30-35-40-48-55-62-69-85(90)98-75-83(104-87(92)71-64-57-50-41-36-31-28-25-22-21-23-26-29-33-38-45-52-59-66-79(2)3)77-102-106(94,95)100-73-82(89)74-101-107(96,97)103-78-84(76-99-86(91)70-63-56-49-44-43-47-54-61-68-81(6)7)105-88(93)72-65-58-51-42-37-32-34-39-46-53-60-67-80(4)5/h79-84,89H,8-78H2,1-7H3,(H,94,95)(H,96,97)/t82-,83-,84-/m1/s1. The molecule has 0 saturated heterocycles. The van der Waals surface area contributed by atoms with E-state index >= 15 is 0 Å². The van der Waals surface area contributed by atoms with Crippen LogP contribution in [0.2, 0.25) is 0 Å². The first-order chi connectivity index (χ1) is 51.7. The van der Waals surface area contributed by atoms with Crippen molar-refractivity contribution in [1.29, 1.82) is 0 Å². The van der Waals surface area contributed by atoms with Crippen molar-refractivity contribution >= 4 is 39.5 Å². The number of phosphoric ester groups is 2. The molecule has 3 N–H and O–H groups in total. The van der Waals surface area contributed by atoms with Crippen LogP contribution in [0.1, 0.15) is 466 Å². The van der Waals surface area contributed by atoms with E-state index in [-0.39, 0.29) is 25.7 Å². The van der Waals surface area contributed by atoms with Gasteiger partial charge in [-0.3, -0.25) is 37.3 Å². The maximum absolute atomic E-state index is 13.2. The highest BCUT2D eigenvalue weighted by molar-refractivity contribution is 7.47. The first-order valence-electron chi connectivity index (χ1n) is 45.3. The molecule has 0 fully saturated rings. The molecule has 0 aromatic rings. The van der Waals surface area contributed by atoms with Crippen molar-refractivity contribution in [3.05, 3.63) is 0 Å². The van der Waals surface area contributed by atoms with Crippen LogP contribution in [0, 0.1) is 17.8 Å². The van der Waals surface area contributed by atoms with E-state index in [1.807, 2.05) is 0 Å². The Morgan fingerprint density at radius 3 is 0.636 bits per heavy atom. The number of hydrogen-bond donors (Lipinski definition) is 3. The summed E-state index contributed by atoms with van der Waals surface area (Å²) in [5, 5.41) is 10.7. The first-order valence-corrected chi connectivity index (χ1v) is 48.3. The molecule has 0 aliphatic rings. The van der Waals surface area contributed by atoms with Crippen molar-refractivity contribution in [2.24, 2.45) is 17.8 Å². The third kappa shape index (κ3) is 81.9. The van der Waals surface area contributed by atoms with Gasteiger partial charge in [0.15, 0.2) is 12.2 Å². The summed E-state index contributed by atoms with van der Waals surface area (Å²) in [5.41, 5.74) is 0. The van der Waals surface area contributed by atoms with Crippen LogP contribution >= 0.6 is 15.6 Å². The summed E-state index contributed by atoms with van der Waals surface area (Å²) in [6.07, 6.45) is 69.6. The fraction of sp³-hybridized carbons (Fsp3) is 0.955. The van der Waals surface area contributed by atoms with Crippen LogP contribution in [0.5, 0.6) is 0 Å². The average molecular weight is 1560 g/mol. The van der Waals surface area contributed by atoms with E-state index in [9.17, 15) is 43.2 Å². The van der Waals surface area contributed by atoms with Gasteiger partial charge in [-0.1, -0.05) is 414 Å². The van der Waals surface area contributed by atoms with E-state index in [4.69, 9.17) is 37.0 Å². The summed E-state index contributed by atoms with van der Waals surface area (Å²) in [4.78, 5) is 73.3. The highest BCUT2D eigenvalue weighted by Gasteiger charge is 2.31. The Morgan fingerprint density at radius 2 is 0.430 bits per heavy atom. The Morgan fingerprint density at radius 1 is 0.252 bits per heavy atom. The second-order valence-electron chi connectivity index (χ2n) is 33.1. The van der Waals surface area contributed by atoms with Gasteiger partial charge in [0.1, 0.15) is 19.3 Å². The fourth-order valence-electron chi connectivity index (χ4n) is 13.7. The zero-order valence-corrected chi connectivity index (χ0v) is 72.4. The number of phosphoric acid groups is 2. The zero-order valence-electron chi connectivity index (χ0n) is 70.6. The van der Waals surface area contributed by atoms with E-state index in [1.165, 1.54) is 276 Å². The van der Waals surface area contributed by atoms with Gasteiger partial charge < -0.3 is 33.8 Å². The lowest BCUT2D eigenvalue weighted by atomic mass is 10.0. The quantitative estimate of drug-likeness (QED) is 0.0222.